The van der Waals surface area contributed by atoms with Gasteiger partial charge >= 0.3 is 0 Å². The maximum absolute atomic E-state index is 12.6. The summed E-state index contributed by atoms with van der Waals surface area (Å²) >= 11 is 0. The molecule has 10 heavy (non-hydrogen) atoms. The van der Waals surface area contributed by atoms with Crippen molar-refractivity contribution in [2.24, 2.45) is 5.73 Å². The number of nitrogens with two attached hydrogens (primary N) is 1. The van der Waals surface area contributed by atoms with Crippen molar-refractivity contribution in [3.05, 3.63) is 0 Å². The van der Waals surface area contributed by atoms with Crippen LogP contribution in [0.25, 0.3) is 0 Å². The molecule has 0 aliphatic carbocycles. The van der Waals surface area contributed by atoms with E-state index in [0.717, 1.165) is 0 Å². The van der Waals surface area contributed by atoms with Crippen LogP contribution in [0.4, 0.5) is 8.78 Å². The van der Waals surface area contributed by atoms with Crippen molar-refractivity contribution in [1.82, 2.24) is 0 Å². The first-order chi connectivity index (χ1) is 4.48. The largest absolute Gasteiger partial charge is 0.328 e. The second kappa shape index (κ2) is 3.86. The zero-order valence-electron chi connectivity index (χ0n) is 6.53. The van der Waals surface area contributed by atoms with Gasteiger partial charge in [0, 0.05) is 18.9 Å². The molecule has 0 amide bonds. The van der Waals surface area contributed by atoms with E-state index in [0.29, 0.717) is 6.42 Å². The van der Waals surface area contributed by atoms with Crippen LogP contribution in [0.5, 0.6) is 0 Å². The number of alkyl halides is 2. The van der Waals surface area contributed by atoms with Crippen molar-refractivity contribution in [3.63, 3.8) is 0 Å². The fraction of sp³-hybridized carbons (Fsp3) is 1.00. The van der Waals surface area contributed by atoms with Gasteiger partial charge in [-0.1, -0.05) is 13.3 Å². The molecule has 0 bridgehead atoms. The molecular formula is C7H15F2N. The minimum absolute atomic E-state index is 0.0471. The molecular weight excluding hydrogens is 136 g/mol. The second-order valence-electron chi connectivity index (χ2n) is 2.79. The van der Waals surface area contributed by atoms with Crippen molar-refractivity contribution in [3.8, 4) is 0 Å². The standard InChI is InChI=1S/C7H15F2N/c1-3-4-7(8,9)5-6(2)10/h6H,3-5,10H2,1-2H3/t6-/m0/s1. The molecule has 1 atom stereocenters. The van der Waals surface area contributed by atoms with Crippen LogP contribution in [0.2, 0.25) is 0 Å². The molecule has 0 aliphatic heterocycles. The summed E-state index contributed by atoms with van der Waals surface area (Å²) in [5.41, 5.74) is 5.23. The molecule has 3 heteroatoms. The van der Waals surface area contributed by atoms with E-state index in [9.17, 15) is 8.78 Å². The van der Waals surface area contributed by atoms with Gasteiger partial charge in [-0.2, -0.15) is 0 Å². The first-order valence-electron chi connectivity index (χ1n) is 3.61. The van der Waals surface area contributed by atoms with E-state index in [-0.39, 0.29) is 12.8 Å². The average molecular weight is 151 g/mol. The number of hydrogen-bond acceptors (Lipinski definition) is 1. The minimum Gasteiger partial charge on any atom is -0.328 e. The molecule has 0 unspecified atom stereocenters. The van der Waals surface area contributed by atoms with Gasteiger partial charge < -0.3 is 5.73 Å². The zero-order valence-corrected chi connectivity index (χ0v) is 6.53. The van der Waals surface area contributed by atoms with Gasteiger partial charge in [0.25, 0.3) is 0 Å². The lowest BCUT2D eigenvalue weighted by atomic mass is 10.1. The SMILES string of the molecule is CCCC(F)(F)C[C@H](C)N. The maximum atomic E-state index is 12.6. The van der Waals surface area contributed by atoms with Crippen molar-refractivity contribution in [1.29, 1.82) is 0 Å². The molecule has 0 radical (unpaired) electrons. The Kier molecular flexibility index (Phi) is 3.79. The molecule has 1 nitrogen and oxygen atoms in total. The summed E-state index contributed by atoms with van der Waals surface area (Å²) in [7, 11) is 0. The smallest absolute Gasteiger partial charge is 0.249 e. The van der Waals surface area contributed by atoms with Gasteiger partial charge in [0.05, 0.1) is 0 Å². The van der Waals surface area contributed by atoms with E-state index in [2.05, 4.69) is 0 Å². The van der Waals surface area contributed by atoms with E-state index >= 15 is 0 Å². The van der Waals surface area contributed by atoms with Gasteiger partial charge in [0.2, 0.25) is 5.92 Å². The topological polar surface area (TPSA) is 26.0 Å². The quantitative estimate of drug-likeness (QED) is 0.654. The Bertz CT molecular complexity index is 91.6. The van der Waals surface area contributed by atoms with Crippen molar-refractivity contribution in [2.75, 3.05) is 0 Å². The predicted molar refractivity (Wildman–Crippen MR) is 38.1 cm³/mol. The Morgan fingerprint density at radius 1 is 1.50 bits per heavy atom. The average Bonchev–Trinajstić information content (AvgIpc) is 1.59. The molecule has 0 aromatic rings. The van der Waals surface area contributed by atoms with Gasteiger partial charge in [0.1, 0.15) is 0 Å². The highest BCUT2D eigenvalue weighted by atomic mass is 19.3. The Morgan fingerprint density at radius 2 is 2.00 bits per heavy atom. The van der Waals surface area contributed by atoms with Crippen LogP contribution >= 0.6 is 0 Å². The first-order valence-corrected chi connectivity index (χ1v) is 3.61. The van der Waals surface area contributed by atoms with E-state index in [1.807, 2.05) is 0 Å². The highest BCUT2D eigenvalue weighted by molar-refractivity contribution is 4.70. The maximum Gasteiger partial charge on any atom is 0.249 e. The van der Waals surface area contributed by atoms with Crippen LogP contribution in [-0.2, 0) is 0 Å². The van der Waals surface area contributed by atoms with E-state index < -0.39 is 12.0 Å². The molecule has 0 aliphatic rings. The van der Waals surface area contributed by atoms with Crippen LogP contribution in [-0.4, -0.2) is 12.0 Å². The zero-order chi connectivity index (χ0) is 8.20. The first kappa shape index (κ1) is 9.82. The molecule has 0 rings (SSSR count). The molecule has 0 aromatic carbocycles. The normalized spacial score (nSPS) is 15.3. The Labute approximate surface area is 60.6 Å². The van der Waals surface area contributed by atoms with Gasteiger partial charge in [0.15, 0.2) is 0 Å². The van der Waals surface area contributed by atoms with E-state index in [1.54, 1.807) is 13.8 Å². The molecule has 0 spiro atoms. The summed E-state index contributed by atoms with van der Waals surface area (Å²) in [5.74, 6) is -2.55. The Hall–Kier alpha value is -0.180. The second-order valence-corrected chi connectivity index (χ2v) is 2.79. The Balaban J connectivity index is 3.63. The lowest BCUT2D eigenvalue weighted by Crippen LogP contribution is -2.27. The number of halogens is 2. The van der Waals surface area contributed by atoms with Crippen molar-refractivity contribution in [2.45, 2.75) is 45.1 Å². The summed E-state index contributed by atoms with van der Waals surface area (Å²) in [6.45, 7) is 3.35. The van der Waals surface area contributed by atoms with Crippen molar-refractivity contribution < 1.29 is 8.78 Å². The third-order valence-corrected chi connectivity index (χ3v) is 1.24. The lowest BCUT2D eigenvalue weighted by molar-refractivity contribution is -0.0211. The van der Waals surface area contributed by atoms with Gasteiger partial charge in [-0.05, 0) is 6.92 Å². The van der Waals surface area contributed by atoms with Crippen LogP contribution in [0.15, 0.2) is 0 Å². The van der Waals surface area contributed by atoms with Crippen LogP contribution in [0, 0.1) is 0 Å². The van der Waals surface area contributed by atoms with Gasteiger partial charge in [-0.15, -0.1) is 0 Å². The van der Waals surface area contributed by atoms with Crippen LogP contribution in [0.1, 0.15) is 33.1 Å². The molecule has 0 saturated heterocycles. The molecule has 62 valence electrons. The molecule has 0 saturated carbocycles. The van der Waals surface area contributed by atoms with Crippen LogP contribution < -0.4 is 5.73 Å². The third kappa shape index (κ3) is 4.68. The molecule has 0 aromatic heterocycles. The summed E-state index contributed by atoms with van der Waals surface area (Å²) in [6.07, 6.45) is 0.273. The minimum atomic E-state index is -2.55. The monoisotopic (exact) mass is 151 g/mol. The summed E-state index contributed by atoms with van der Waals surface area (Å²) in [5, 5.41) is 0. The summed E-state index contributed by atoms with van der Waals surface area (Å²) < 4.78 is 25.2. The van der Waals surface area contributed by atoms with Gasteiger partial charge in [-0.25, -0.2) is 8.78 Å². The predicted octanol–water partition coefficient (Wildman–Crippen LogP) is 2.16. The van der Waals surface area contributed by atoms with E-state index in [1.165, 1.54) is 0 Å². The number of hydrogen-bond donors (Lipinski definition) is 1. The molecule has 0 heterocycles. The molecule has 2 N–H and O–H groups in total. The third-order valence-electron chi connectivity index (χ3n) is 1.24. The van der Waals surface area contributed by atoms with Gasteiger partial charge in [-0.3, -0.25) is 0 Å². The van der Waals surface area contributed by atoms with Crippen LogP contribution in [0.3, 0.4) is 0 Å². The van der Waals surface area contributed by atoms with E-state index in [4.69, 9.17) is 5.73 Å². The highest BCUT2D eigenvalue weighted by Gasteiger charge is 2.28. The lowest BCUT2D eigenvalue weighted by Gasteiger charge is -2.16. The summed E-state index contributed by atoms with van der Waals surface area (Å²) in [6, 6.07) is -0.401. The highest BCUT2D eigenvalue weighted by Crippen LogP contribution is 2.24. The molecule has 0 fully saturated rings. The number of rotatable bonds is 4. The van der Waals surface area contributed by atoms with Crippen molar-refractivity contribution >= 4 is 0 Å². The fourth-order valence-corrected chi connectivity index (χ4v) is 0.939. The Morgan fingerprint density at radius 3 is 2.30 bits per heavy atom. The fourth-order valence-electron chi connectivity index (χ4n) is 0.939. The summed E-state index contributed by atoms with van der Waals surface area (Å²) in [4.78, 5) is 0.